The first-order valence-electron chi connectivity index (χ1n) is 6.17. The largest absolute Gasteiger partial charge is 0.314 e. The Morgan fingerprint density at radius 1 is 1.21 bits per heavy atom. The maximum absolute atomic E-state index is 3.51. The highest BCUT2D eigenvalue weighted by Gasteiger charge is 2.19. The zero-order valence-electron chi connectivity index (χ0n) is 9.76. The third-order valence-corrected chi connectivity index (χ3v) is 2.64. The second kappa shape index (κ2) is 7.05. The average molecular weight is 195 g/mol. The van der Waals surface area contributed by atoms with Gasteiger partial charge in [0.1, 0.15) is 0 Å². The van der Waals surface area contributed by atoms with E-state index >= 15 is 0 Å². The normalized spacial score (nSPS) is 17.1. The lowest BCUT2D eigenvalue weighted by molar-refractivity contribution is 0.559. The van der Waals surface area contributed by atoms with Gasteiger partial charge in [-0.1, -0.05) is 32.4 Å². The van der Waals surface area contributed by atoms with E-state index in [4.69, 9.17) is 0 Å². The van der Waals surface area contributed by atoms with Crippen LogP contribution in [0.25, 0.3) is 0 Å². The van der Waals surface area contributed by atoms with Crippen LogP contribution in [0.5, 0.6) is 0 Å². The predicted octanol–water partition coefficient (Wildman–Crippen LogP) is 3.51. The van der Waals surface area contributed by atoms with E-state index in [1.54, 1.807) is 0 Å². The smallest absolute Gasteiger partial charge is 0.00683 e. The molecule has 0 aromatic heterocycles. The second-order valence-corrected chi connectivity index (χ2v) is 4.81. The van der Waals surface area contributed by atoms with Gasteiger partial charge in [-0.05, 0) is 44.6 Å². The van der Waals surface area contributed by atoms with Crippen LogP contribution < -0.4 is 5.32 Å². The van der Waals surface area contributed by atoms with E-state index in [1.807, 2.05) is 0 Å². The quantitative estimate of drug-likeness (QED) is 0.461. The van der Waals surface area contributed by atoms with Crippen LogP contribution in [0.15, 0.2) is 12.2 Å². The second-order valence-electron chi connectivity index (χ2n) is 4.81. The molecular formula is C13H25N. The zero-order chi connectivity index (χ0) is 10.2. The maximum Gasteiger partial charge on any atom is 0.00683 e. The highest BCUT2D eigenvalue weighted by Crippen LogP contribution is 2.18. The molecule has 0 heterocycles. The minimum Gasteiger partial charge on any atom is -0.314 e. The van der Waals surface area contributed by atoms with Crippen molar-refractivity contribution in [2.24, 2.45) is 5.92 Å². The molecule has 0 radical (unpaired) electrons. The lowest BCUT2D eigenvalue weighted by Gasteiger charge is -2.01. The molecule has 1 aliphatic carbocycles. The predicted molar refractivity (Wildman–Crippen MR) is 63.5 cm³/mol. The maximum atomic E-state index is 3.51. The summed E-state index contributed by atoms with van der Waals surface area (Å²) in [7, 11) is 0. The molecule has 1 saturated carbocycles. The van der Waals surface area contributed by atoms with Crippen molar-refractivity contribution < 1.29 is 0 Å². The topological polar surface area (TPSA) is 12.0 Å². The number of rotatable bonds is 8. The minimum atomic E-state index is 0.861. The van der Waals surface area contributed by atoms with Crippen LogP contribution in [-0.4, -0.2) is 12.6 Å². The SMILES string of the molecule is CC(C)CCC/C=C/CCNC1CC1. The molecule has 14 heavy (non-hydrogen) atoms. The van der Waals surface area contributed by atoms with Gasteiger partial charge in [-0.2, -0.15) is 0 Å². The van der Waals surface area contributed by atoms with Crippen LogP contribution in [0.3, 0.4) is 0 Å². The van der Waals surface area contributed by atoms with Gasteiger partial charge in [0.15, 0.2) is 0 Å². The first kappa shape index (κ1) is 11.8. The number of nitrogens with one attached hydrogen (secondary N) is 1. The summed E-state index contributed by atoms with van der Waals surface area (Å²) in [5.41, 5.74) is 0. The van der Waals surface area contributed by atoms with Crippen LogP contribution in [0, 0.1) is 5.92 Å². The van der Waals surface area contributed by atoms with Crippen LogP contribution in [-0.2, 0) is 0 Å². The monoisotopic (exact) mass is 195 g/mol. The van der Waals surface area contributed by atoms with E-state index < -0.39 is 0 Å². The van der Waals surface area contributed by atoms with Gasteiger partial charge in [-0.25, -0.2) is 0 Å². The molecule has 0 unspecified atom stereocenters. The fourth-order valence-corrected chi connectivity index (χ4v) is 1.54. The third kappa shape index (κ3) is 7.14. The Morgan fingerprint density at radius 2 is 1.93 bits per heavy atom. The lowest BCUT2D eigenvalue weighted by atomic mass is 10.1. The van der Waals surface area contributed by atoms with Gasteiger partial charge in [-0.3, -0.25) is 0 Å². The standard InChI is InChI=1S/C13H25N/c1-12(2)8-6-4-3-5-7-11-14-13-9-10-13/h3,5,12-14H,4,6-11H2,1-2H3/b5-3+. The zero-order valence-corrected chi connectivity index (χ0v) is 9.76. The van der Waals surface area contributed by atoms with Gasteiger partial charge >= 0.3 is 0 Å². The summed E-state index contributed by atoms with van der Waals surface area (Å²) in [6.07, 6.45) is 12.7. The molecule has 1 nitrogen and oxygen atoms in total. The Kier molecular flexibility index (Phi) is 5.93. The Bertz CT molecular complexity index is 147. The number of hydrogen-bond acceptors (Lipinski definition) is 1. The summed E-state index contributed by atoms with van der Waals surface area (Å²) in [5.74, 6) is 0.861. The summed E-state index contributed by atoms with van der Waals surface area (Å²) in [6.45, 7) is 5.76. The lowest BCUT2D eigenvalue weighted by Crippen LogP contribution is -2.16. The summed E-state index contributed by atoms with van der Waals surface area (Å²) >= 11 is 0. The molecule has 1 rings (SSSR count). The number of allylic oxidation sites excluding steroid dienone is 1. The van der Waals surface area contributed by atoms with Gasteiger partial charge in [0.2, 0.25) is 0 Å². The molecule has 0 aromatic rings. The molecule has 0 aromatic carbocycles. The van der Waals surface area contributed by atoms with E-state index in [-0.39, 0.29) is 0 Å². The van der Waals surface area contributed by atoms with Crippen LogP contribution in [0.1, 0.15) is 52.4 Å². The van der Waals surface area contributed by atoms with E-state index in [1.165, 1.54) is 45.1 Å². The molecule has 82 valence electrons. The fraction of sp³-hybridized carbons (Fsp3) is 0.846. The Balaban J connectivity index is 1.77. The van der Waals surface area contributed by atoms with Crippen molar-refractivity contribution in [3.8, 4) is 0 Å². The first-order valence-corrected chi connectivity index (χ1v) is 6.17. The highest BCUT2D eigenvalue weighted by molar-refractivity contribution is 4.85. The molecule has 0 spiro atoms. The Labute approximate surface area is 89.0 Å². The molecular weight excluding hydrogens is 170 g/mol. The Morgan fingerprint density at radius 3 is 2.57 bits per heavy atom. The molecule has 1 aliphatic rings. The van der Waals surface area contributed by atoms with E-state index in [2.05, 4.69) is 31.3 Å². The van der Waals surface area contributed by atoms with Gasteiger partial charge in [0.05, 0.1) is 0 Å². The summed E-state index contributed by atoms with van der Waals surface area (Å²) in [6, 6.07) is 0.865. The Hall–Kier alpha value is -0.300. The molecule has 0 bridgehead atoms. The third-order valence-electron chi connectivity index (χ3n) is 2.64. The minimum absolute atomic E-state index is 0.861. The van der Waals surface area contributed by atoms with E-state index in [0.29, 0.717) is 0 Å². The van der Waals surface area contributed by atoms with Gasteiger partial charge < -0.3 is 5.32 Å². The van der Waals surface area contributed by atoms with Gasteiger partial charge in [0.25, 0.3) is 0 Å². The highest BCUT2D eigenvalue weighted by atomic mass is 14.9. The van der Waals surface area contributed by atoms with Crippen LogP contribution in [0.4, 0.5) is 0 Å². The van der Waals surface area contributed by atoms with E-state index in [9.17, 15) is 0 Å². The van der Waals surface area contributed by atoms with Crippen molar-refractivity contribution in [1.82, 2.24) is 5.32 Å². The van der Waals surface area contributed by atoms with Crippen molar-refractivity contribution in [3.63, 3.8) is 0 Å². The number of unbranched alkanes of at least 4 members (excludes halogenated alkanes) is 1. The molecule has 0 aliphatic heterocycles. The molecule has 0 saturated heterocycles. The van der Waals surface area contributed by atoms with Crippen LogP contribution in [0.2, 0.25) is 0 Å². The molecule has 1 N–H and O–H groups in total. The summed E-state index contributed by atoms with van der Waals surface area (Å²) in [4.78, 5) is 0. The number of hydrogen-bond donors (Lipinski definition) is 1. The van der Waals surface area contributed by atoms with Crippen molar-refractivity contribution in [2.45, 2.75) is 58.4 Å². The molecule has 0 atom stereocenters. The molecule has 1 heteroatoms. The van der Waals surface area contributed by atoms with E-state index in [0.717, 1.165) is 12.0 Å². The van der Waals surface area contributed by atoms with Gasteiger partial charge in [-0.15, -0.1) is 0 Å². The summed E-state index contributed by atoms with van der Waals surface area (Å²) < 4.78 is 0. The van der Waals surface area contributed by atoms with Gasteiger partial charge in [0, 0.05) is 6.04 Å². The van der Waals surface area contributed by atoms with Crippen molar-refractivity contribution in [3.05, 3.63) is 12.2 Å². The van der Waals surface area contributed by atoms with Crippen molar-refractivity contribution in [1.29, 1.82) is 0 Å². The van der Waals surface area contributed by atoms with Crippen molar-refractivity contribution >= 4 is 0 Å². The molecule has 1 fully saturated rings. The first-order chi connectivity index (χ1) is 6.79. The fourth-order valence-electron chi connectivity index (χ4n) is 1.54. The average Bonchev–Trinajstić information content (AvgIpc) is 2.92. The summed E-state index contributed by atoms with van der Waals surface area (Å²) in [5, 5.41) is 3.51. The van der Waals surface area contributed by atoms with Crippen LogP contribution >= 0.6 is 0 Å². The van der Waals surface area contributed by atoms with Crippen molar-refractivity contribution in [2.75, 3.05) is 6.54 Å². The molecule has 0 amide bonds.